The van der Waals surface area contributed by atoms with Crippen LogP contribution in [0.3, 0.4) is 0 Å². The van der Waals surface area contributed by atoms with E-state index in [-0.39, 0.29) is 29.7 Å². The first-order chi connectivity index (χ1) is 13.8. The molecule has 7 heteroatoms. The van der Waals surface area contributed by atoms with Gasteiger partial charge in [-0.3, -0.25) is 4.79 Å². The molecule has 0 saturated heterocycles. The number of halogens is 1. The molecule has 3 rings (SSSR count). The van der Waals surface area contributed by atoms with Gasteiger partial charge in [0.2, 0.25) is 11.9 Å². The van der Waals surface area contributed by atoms with Crippen molar-refractivity contribution in [3.8, 4) is 0 Å². The average molecular weight is 400 g/mol. The second kappa shape index (κ2) is 9.20. The van der Waals surface area contributed by atoms with E-state index in [1.807, 2.05) is 39.0 Å². The standard InChI is InChI=1S/C22H30FN5O/c1-14-13-24-22(27-20(14)28(3)4)26-19-11-7-17(8-12-19)21(29)25-15(2)16-5-9-18(23)10-6-16/h5-6,9-10,13,15,17,19H,7-8,11-12H2,1-4H3,(H,25,29)(H,24,26,27)/t15-,17-,19+/m1/s1. The Balaban J connectivity index is 1.50. The van der Waals surface area contributed by atoms with Gasteiger partial charge in [-0.15, -0.1) is 0 Å². The second-order valence-corrected chi connectivity index (χ2v) is 8.07. The van der Waals surface area contributed by atoms with Crippen LogP contribution in [-0.4, -0.2) is 36.0 Å². The lowest BCUT2D eigenvalue weighted by molar-refractivity contribution is -0.126. The number of nitrogens with one attached hydrogen (secondary N) is 2. The van der Waals surface area contributed by atoms with Gasteiger partial charge in [-0.25, -0.2) is 9.37 Å². The van der Waals surface area contributed by atoms with Crippen LogP contribution >= 0.6 is 0 Å². The Bertz CT molecular complexity index is 832. The highest BCUT2D eigenvalue weighted by Gasteiger charge is 2.27. The van der Waals surface area contributed by atoms with Crippen LogP contribution in [0.25, 0.3) is 0 Å². The van der Waals surface area contributed by atoms with E-state index in [9.17, 15) is 9.18 Å². The Morgan fingerprint density at radius 2 is 1.83 bits per heavy atom. The zero-order valence-electron chi connectivity index (χ0n) is 17.6. The number of carbonyl (C=O) groups is 1. The molecule has 0 unspecified atom stereocenters. The number of nitrogens with zero attached hydrogens (tertiary/aromatic N) is 3. The molecule has 0 aliphatic heterocycles. The molecular weight excluding hydrogens is 369 g/mol. The normalized spacial score (nSPS) is 20.0. The van der Waals surface area contributed by atoms with Crippen molar-refractivity contribution in [3.05, 3.63) is 47.4 Å². The molecule has 1 aliphatic carbocycles. The third-order valence-corrected chi connectivity index (χ3v) is 5.53. The molecule has 1 saturated carbocycles. The molecule has 0 bridgehead atoms. The lowest BCUT2D eigenvalue weighted by atomic mass is 9.85. The van der Waals surface area contributed by atoms with Crippen molar-refractivity contribution in [2.75, 3.05) is 24.3 Å². The summed E-state index contributed by atoms with van der Waals surface area (Å²) < 4.78 is 13.1. The predicted molar refractivity (Wildman–Crippen MR) is 113 cm³/mol. The van der Waals surface area contributed by atoms with Crippen LogP contribution in [0.5, 0.6) is 0 Å². The van der Waals surface area contributed by atoms with Crippen LogP contribution < -0.4 is 15.5 Å². The third kappa shape index (κ3) is 5.43. The lowest BCUT2D eigenvalue weighted by Crippen LogP contribution is -2.37. The van der Waals surface area contributed by atoms with E-state index in [0.717, 1.165) is 42.6 Å². The minimum Gasteiger partial charge on any atom is -0.362 e. The number of benzene rings is 1. The van der Waals surface area contributed by atoms with Crippen LogP contribution in [0.1, 0.15) is 49.8 Å². The highest BCUT2D eigenvalue weighted by molar-refractivity contribution is 5.79. The third-order valence-electron chi connectivity index (χ3n) is 5.53. The Morgan fingerprint density at radius 3 is 2.45 bits per heavy atom. The highest BCUT2D eigenvalue weighted by Crippen LogP contribution is 2.27. The SMILES string of the molecule is Cc1cnc(N[C@H]2CC[C@@H](C(=O)N[C@H](C)c3ccc(F)cc3)CC2)nc1N(C)C. The molecule has 1 aromatic carbocycles. The van der Waals surface area contributed by atoms with E-state index in [0.29, 0.717) is 5.95 Å². The van der Waals surface area contributed by atoms with Crippen molar-refractivity contribution in [3.63, 3.8) is 0 Å². The molecule has 1 aliphatic rings. The van der Waals surface area contributed by atoms with Gasteiger partial charge in [-0.1, -0.05) is 12.1 Å². The summed E-state index contributed by atoms with van der Waals surface area (Å²) in [6, 6.07) is 6.40. The molecule has 2 N–H and O–H groups in total. The van der Waals surface area contributed by atoms with E-state index in [1.165, 1.54) is 12.1 Å². The molecule has 1 heterocycles. The monoisotopic (exact) mass is 399 g/mol. The van der Waals surface area contributed by atoms with Crippen molar-refractivity contribution in [1.29, 1.82) is 0 Å². The van der Waals surface area contributed by atoms with Gasteiger partial charge >= 0.3 is 0 Å². The smallest absolute Gasteiger partial charge is 0.224 e. The van der Waals surface area contributed by atoms with Crippen LogP contribution in [0.15, 0.2) is 30.5 Å². The maximum atomic E-state index is 13.1. The first-order valence-corrected chi connectivity index (χ1v) is 10.2. The fraction of sp³-hybridized carbons (Fsp3) is 0.500. The second-order valence-electron chi connectivity index (χ2n) is 8.07. The van der Waals surface area contributed by atoms with Crippen molar-refractivity contribution in [2.24, 2.45) is 5.92 Å². The van der Waals surface area contributed by atoms with Crippen molar-refractivity contribution in [2.45, 2.75) is 51.6 Å². The lowest BCUT2D eigenvalue weighted by Gasteiger charge is -2.29. The average Bonchev–Trinajstić information content (AvgIpc) is 2.70. The van der Waals surface area contributed by atoms with Gasteiger partial charge in [0, 0.05) is 37.8 Å². The van der Waals surface area contributed by atoms with Crippen LogP contribution in [-0.2, 0) is 4.79 Å². The van der Waals surface area contributed by atoms with E-state index >= 15 is 0 Å². The van der Waals surface area contributed by atoms with E-state index < -0.39 is 0 Å². The summed E-state index contributed by atoms with van der Waals surface area (Å²) in [5.74, 6) is 1.35. The topological polar surface area (TPSA) is 70.1 Å². The first kappa shape index (κ1) is 21.0. The molecule has 29 heavy (non-hydrogen) atoms. The fourth-order valence-electron chi connectivity index (χ4n) is 3.80. The van der Waals surface area contributed by atoms with E-state index in [2.05, 4.69) is 20.6 Å². The number of aryl methyl sites for hydroxylation is 1. The summed E-state index contributed by atoms with van der Waals surface area (Å²) >= 11 is 0. The molecule has 1 aromatic heterocycles. The summed E-state index contributed by atoms with van der Waals surface area (Å²) in [6.07, 6.45) is 5.29. The van der Waals surface area contributed by atoms with E-state index in [1.54, 1.807) is 12.1 Å². The number of amides is 1. The number of hydrogen-bond acceptors (Lipinski definition) is 5. The molecule has 1 amide bonds. The van der Waals surface area contributed by atoms with Gasteiger partial charge in [0.05, 0.1) is 6.04 Å². The Labute approximate surface area is 171 Å². The van der Waals surface area contributed by atoms with E-state index in [4.69, 9.17) is 0 Å². The van der Waals surface area contributed by atoms with Gasteiger partial charge in [0.25, 0.3) is 0 Å². The number of aromatic nitrogens is 2. The van der Waals surface area contributed by atoms with Gasteiger partial charge < -0.3 is 15.5 Å². The number of carbonyl (C=O) groups excluding carboxylic acids is 1. The summed E-state index contributed by atoms with van der Waals surface area (Å²) in [6.45, 7) is 3.92. The van der Waals surface area contributed by atoms with Gasteiger partial charge in [-0.2, -0.15) is 4.98 Å². The van der Waals surface area contributed by atoms with Gasteiger partial charge in [0.15, 0.2) is 0 Å². The molecule has 6 nitrogen and oxygen atoms in total. The number of rotatable bonds is 6. The summed E-state index contributed by atoms with van der Waals surface area (Å²) in [5, 5.41) is 6.48. The first-order valence-electron chi connectivity index (χ1n) is 10.2. The molecule has 0 spiro atoms. The Kier molecular flexibility index (Phi) is 6.67. The zero-order chi connectivity index (χ0) is 21.0. The van der Waals surface area contributed by atoms with Crippen LogP contribution in [0.4, 0.5) is 16.2 Å². The minimum atomic E-state index is -0.270. The minimum absolute atomic E-state index is 0.00669. The predicted octanol–water partition coefficient (Wildman–Crippen LogP) is 3.84. The molecule has 0 radical (unpaired) electrons. The van der Waals surface area contributed by atoms with Crippen molar-refractivity contribution in [1.82, 2.24) is 15.3 Å². The maximum Gasteiger partial charge on any atom is 0.224 e. The maximum absolute atomic E-state index is 13.1. The number of anilines is 2. The Hall–Kier alpha value is -2.70. The van der Waals surface area contributed by atoms with Crippen LogP contribution in [0.2, 0.25) is 0 Å². The summed E-state index contributed by atoms with van der Waals surface area (Å²) in [5.41, 5.74) is 1.94. The molecular formula is C22H30FN5O. The fourth-order valence-corrected chi connectivity index (χ4v) is 3.80. The van der Waals surface area contributed by atoms with Crippen molar-refractivity contribution >= 4 is 17.7 Å². The van der Waals surface area contributed by atoms with Gasteiger partial charge in [-0.05, 0) is 57.2 Å². The molecule has 1 atom stereocenters. The largest absolute Gasteiger partial charge is 0.362 e. The summed E-state index contributed by atoms with van der Waals surface area (Å²) in [7, 11) is 3.94. The van der Waals surface area contributed by atoms with Crippen LogP contribution in [0, 0.1) is 18.7 Å². The quantitative estimate of drug-likeness (QED) is 0.772. The zero-order valence-corrected chi connectivity index (χ0v) is 17.6. The van der Waals surface area contributed by atoms with Gasteiger partial charge in [0.1, 0.15) is 11.6 Å². The highest BCUT2D eigenvalue weighted by atomic mass is 19.1. The molecule has 156 valence electrons. The molecule has 1 fully saturated rings. The van der Waals surface area contributed by atoms with Crippen molar-refractivity contribution < 1.29 is 9.18 Å². The molecule has 2 aromatic rings. The number of hydrogen-bond donors (Lipinski definition) is 2. The summed E-state index contributed by atoms with van der Waals surface area (Å²) in [4.78, 5) is 23.6. The Morgan fingerprint density at radius 1 is 1.17 bits per heavy atom.